The molecule has 4 atom stereocenters. The van der Waals surface area contributed by atoms with E-state index >= 15 is 0 Å². The molecule has 26 heavy (non-hydrogen) atoms. The van der Waals surface area contributed by atoms with Gasteiger partial charge in [-0.15, -0.1) is 0 Å². The van der Waals surface area contributed by atoms with E-state index < -0.39 is 24.4 Å². The van der Waals surface area contributed by atoms with E-state index in [9.17, 15) is 10.2 Å². The highest BCUT2D eigenvalue weighted by Crippen LogP contribution is 2.21. The molecule has 0 aromatic heterocycles. The van der Waals surface area contributed by atoms with Gasteiger partial charge in [-0.25, -0.2) is 0 Å². The maximum absolute atomic E-state index is 9.86. The quantitative estimate of drug-likeness (QED) is 0.286. The van der Waals surface area contributed by atoms with Gasteiger partial charge >= 0.3 is 0 Å². The van der Waals surface area contributed by atoms with Crippen molar-refractivity contribution in [2.75, 3.05) is 19.8 Å². The first-order valence-corrected chi connectivity index (χ1v) is 10.5. The van der Waals surface area contributed by atoms with Crippen LogP contribution in [0.5, 0.6) is 0 Å². The van der Waals surface area contributed by atoms with Gasteiger partial charge in [0.25, 0.3) is 0 Å². The largest absolute Gasteiger partial charge is 0.394 e. The van der Waals surface area contributed by atoms with Crippen LogP contribution in [0.2, 0.25) is 0 Å². The topological polar surface area (TPSA) is 79.2 Å². The molecule has 0 amide bonds. The molecule has 1 saturated heterocycles. The number of unbranched alkanes of at least 4 members (excludes halogenated alkanes) is 10. The molecule has 1 rings (SSSR count). The fraction of sp³-hybridized carbons (Fsp3) is 0.905. The van der Waals surface area contributed by atoms with Crippen LogP contribution < -0.4 is 0 Å². The summed E-state index contributed by atoms with van der Waals surface area (Å²) in [5, 5.41) is 28.6. The first-order chi connectivity index (χ1) is 12.7. The molecule has 5 heteroatoms. The van der Waals surface area contributed by atoms with E-state index in [1.54, 1.807) is 0 Å². The first-order valence-electron chi connectivity index (χ1n) is 10.5. The fourth-order valence-electron chi connectivity index (χ4n) is 3.42. The van der Waals surface area contributed by atoms with Gasteiger partial charge in [-0.2, -0.15) is 0 Å². The van der Waals surface area contributed by atoms with Crippen molar-refractivity contribution in [1.29, 1.82) is 0 Å². The van der Waals surface area contributed by atoms with Crippen molar-refractivity contribution in [3.05, 3.63) is 12.2 Å². The number of allylic oxidation sites excluding steroid dienone is 2. The molecule has 0 aromatic rings. The predicted octanol–water partition coefficient (Wildman–Crippen LogP) is 3.35. The van der Waals surface area contributed by atoms with Crippen molar-refractivity contribution < 1.29 is 24.8 Å². The average Bonchev–Trinajstić information content (AvgIpc) is 3.02. The summed E-state index contributed by atoms with van der Waals surface area (Å²) in [7, 11) is 0. The predicted molar refractivity (Wildman–Crippen MR) is 104 cm³/mol. The first kappa shape index (κ1) is 23.6. The van der Waals surface area contributed by atoms with E-state index in [0.717, 1.165) is 12.8 Å². The van der Waals surface area contributed by atoms with Gasteiger partial charge in [0.15, 0.2) is 0 Å². The van der Waals surface area contributed by atoms with Crippen LogP contribution >= 0.6 is 0 Å². The van der Waals surface area contributed by atoms with Crippen LogP contribution in [0.1, 0.15) is 77.6 Å². The van der Waals surface area contributed by atoms with E-state index in [4.69, 9.17) is 14.6 Å². The number of rotatable bonds is 16. The summed E-state index contributed by atoms with van der Waals surface area (Å²) in [5.41, 5.74) is 0. The second-order valence-corrected chi connectivity index (χ2v) is 7.34. The van der Waals surface area contributed by atoms with Crippen molar-refractivity contribution in [1.82, 2.24) is 0 Å². The Morgan fingerprint density at radius 2 is 1.58 bits per heavy atom. The minimum absolute atomic E-state index is 0.154. The standard InChI is InChI=1S/C21H40O5/c1-2-3-4-5-6-7-8-9-10-11-12-13-14-15-25-21-19(24)17-26-20(21)18(23)16-22/h2-3,18-24H,4-17H2,1H3/b3-2+/t18-,19+,20+,21+/m1/s1. The lowest BCUT2D eigenvalue weighted by molar-refractivity contribution is -0.0938. The number of aliphatic hydroxyl groups is 3. The fourth-order valence-corrected chi connectivity index (χ4v) is 3.42. The molecule has 1 fully saturated rings. The van der Waals surface area contributed by atoms with E-state index in [-0.39, 0.29) is 13.2 Å². The summed E-state index contributed by atoms with van der Waals surface area (Å²) >= 11 is 0. The zero-order valence-corrected chi connectivity index (χ0v) is 16.5. The van der Waals surface area contributed by atoms with E-state index in [0.29, 0.717) is 6.61 Å². The monoisotopic (exact) mass is 372 g/mol. The summed E-state index contributed by atoms with van der Waals surface area (Å²) in [4.78, 5) is 0. The molecule has 0 bridgehead atoms. The van der Waals surface area contributed by atoms with Gasteiger partial charge in [-0.3, -0.25) is 0 Å². The highest BCUT2D eigenvalue weighted by molar-refractivity contribution is 4.89. The van der Waals surface area contributed by atoms with Crippen LogP contribution in [0.4, 0.5) is 0 Å². The van der Waals surface area contributed by atoms with Gasteiger partial charge in [0, 0.05) is 6.61 Å². The normalized spacial score (nSPS) is 24.5. The van der Waals surface area contributed by atoms with Gasteiger partial charge in [0.1, 0.15) is 24.4 Å². The van der Waals surface area contributed by atoms with E-state index in [2.05, 4.69) is 19.1 Å². The van der Waals surface area contributed by atoms with Crippen LogP contribution in [0.15, 0.2) is 12.2 Å². The van der Waals surface area contributed by atoms with E-state index in [1.807, 2.05) is 0 Å². The average molecular weight is 373 g/mol. The molecule has 0 aromatic carbocycles. The molecule has 1 aliphatic heterocycles. The lowest BCUT2D eigenvalue weighted by Gasteiger charge is -2.23. The molecule has 0 saturated carbocycles. The van der Waals surface area contributed by atoms with Crippen LogP contribution in [0, 0.1) is 0 Å². The van der Waals surface area contributed by atoms with Crippen molar-refractivity contribution >= 4 is 0 Å². The Morgan fingerprint density at radius 1 is 1.00 bits per heavy atom. The van der Waals surface area contributed by atoms with Gasteiger partial charge in [-0.05, 0) is 26.2 Å². The summed E-state index contributed by atoms with van der Waals surface area (Å²) in [6.45, 7) is 2.41. The number of aliphatic hydroxyl groups excluding tert-OH is 3. The SMILES string of the molecule is C/C=C/CCCCCCCCCCCCO[C@@H]1[C@H]([C@H](O)CO)OC[C@@H]1O. The highest BCUT2D eigenvalue weighted by atomic mass is 16.6. The number of ether oxygens (including phenoxy) is 2. The van der Waals surface area contributed by atoms with Crippen molar-refractivity contribution in [3.8, 4) is 0 Å². The molecule has 3 N–H and O–H groups in total. The molecule has 0 spiro atoms. The number of hydrogen-bond acceptors (Lipinski definition) is 5. The Bertz CT molecular complexity index is 347. The molecule has 0 aliphatic carbocycles. The Morgan fingerprint density at radius 3 is 2.15 bits per heavy atom. The third-order valence-corrected chi connectivity index (χ3v) is 5.04. The van der Waals surface area contributed by atoms with Gasteiger partial charge < -0.3 is 24.8 Å². The van der Waals surface area contributed by atoms with Gasteiger partial charge in [0.2, 0.25) is 0 Å². The number of hydrogen-bond donors (Lipinski definition) is 3. The maximum atomic E-state index is 9.86. The lowest BCUT2D eigenvalue weighted by Crippen LogP contribution is -2.42. The summed E-state index contributed by atoms with van der Waals surface area (Å²) in [5.74, 6) is 0. The molecular formula is C21H40O5. The molecule has 1 aliphatic rings. The molecule has 154 valence electrons. The van der Waals surface area contributed by atoms with Crippen molar-refractivity contribution in [3.63, 3.8) is 0 Å². The highest BCUT2D eigenvalue weighted by Gasteiger charge is 2.40. The minimum Gasteiger partial charge on any atom is -0.394 e. The Kier molecular flexibility index (Phi) is 14.1. The molecule has 1 heterocycles. The third kappa shape index (κ3) is 10.0. The van der Waals surface area contributed by atoms with Crippen molar-refractivity contribution in [2.24, 2.45) is 0 Å². The maximum Gasteiger partial charge on any atom is 0.114 e. The Balaban J connectivity index is 1.90. The van der Waals surface area contributed by atoms with Gasteiger partial charge in [-0.1, -0.05) is 63.5 Å². The smallest absolute Gasteiger partial charge is 0.114 e. The Hall–Kier alpha value is -0.460. The van der Waals surface area contributed by atoms with Crippen LogP contribution in [0.3, 0.4) is 0 Å². The molecule has 0 radical (unpaired) electrons. The summed E-state index contributed by atoms with van der Waals surface area (Å²) in [6, 6.07) is 0. The third-order valence-electron chi connectivity index (χ3n) is 5.04. The lowest BCUT2D eigenvalue weighted by atomic mass is 10.1. The minimum atomic E-state index is -1.000. The zero-order chi connectivity index (χ0) is 19.0. The summed E-state index contributed by atoms with van der Waals surface area (Å²) in [6.07, 6.45) is 15.3. The van der Waals surface area contributed by atoms with Crippen LogP contribution in [-0.2, 0) is 9.47 Å². The second-order valence-electron chi connectivity index (χ2n) is 7.34. The van der Waals surface area contributed by atoms with Crippen LogP contribution in [0.25, 0.3) is 0 Å². The Labute approximate surface area is 159 Å². The second kappa shape index (κ2) is 15.6. The van der Waals surface area contributed by atoms with E-state index in [1.165, 1.54) is 57.8 Å². The van der Waals surface area contributed by atoms with Gasteiger partial charge in [0.05, 0.1) is 13.2 Å². The zero-order valence-electron chi connectivity index (χ0n) is 16.5. The molecule has 0 unspecified atom stereocenters. The summed E-state index contributed by atoms with van der Waals surface area (Å²) < 4.78 is 11.0. The van der Waals surface area contributed by atoms with Crippen molar-refractivity contribution in [2.45, 2.75) is 102 Å². The molecule has 5 nitrogen and oxygen atoms in total. The molecular weight excluding hydrogens is 332 g/mol. The van der Waals surface area contributed by atoms with Crippen LogP contribution in [-0.4, -0.2) is 59.6 Å².